The van der Waals surface area contributed by atoms with Crippen LogP contribution in [0.3, 0.4) is 0 Å². The summed E-state index contributed by atoms with van der Waals surface area (Å²) in [7, 11) is -4.39. The summed E-state index contributed by atoms with van der Waals surface area (Å²) in [5.74, 6) is -1.97. The Morgan fingerprint density at radius 3 is 1.90 bits per heavy atom. The first-order valence-electron chi connectivity index (χ1n) is 12.4. The molecule has 1 atom stereocenters. The molecule has 0 bridgehead atoms. The second-order valence-electron chi connectivity index (χ2n) is 9.35. The Morgan fingerprint density at radius 2 is 1.33 bits per heavy atom. The Bertz CT molecular complexity index is 1890. The third-order valence-electron chi connectivity index (χ3n) is 6.52. The third-order valence-corrected chi connectivity index (χ3v) is 7.59. The van der Waals surface area contributed by atoms with Gasteiger partial charge in [0.2, 0.25) is 0 Å². The molecule has 0 spiro atoms. The lowest BCUT2D eigenvalue weighted by Crippen LogP contribution is -2.24. The Labute approximate surface area is 239 Å². The quantitative estimate of drug-likeness (QED) is 0.0874. The van der Waals surface area contributed by atoms with Crippen molar-refractivity contribution in [3.05, 3.63) is 102 Å². The average molecular weight is 586 g/mol. The molecule has 0 radical (unpaired) electrons. The van der Waals surface area contributed by atoms with Crippen LogP contribution in [0.15, 0.2) is 105 Å². The molecule has 12 nitrogen and oxygen atoms in total. The van der Waals surface area contributed by atoms with E-state index in [1.807, 2.05) is 24.3 Å². The number of aromatic carboxylic acids is 1. The van der Waals surface area contributed by atoms with Gasteiger partial charge in [-0.2, -0.15) is 23.8 Å². The van der Waals surface area contributed by atoms with E-state index in [-0.39, 0.29) is 46.1 Å². The second-order valence-corrected chi connectivity index (χ2v) is 11.0. The highest BCUT2D eigenvalue weighted by atomic mass is 32.2. The molecule has 4 aromatic rings. The minimum Gasteiger partial charge on any atom is -0.508 e. The van der Waals surface area contributed by atoms with E-state index >= 15 is 0 Å². The molecule has 4 aromatic carbocycles. The van der Waals surface area contributed by atoms with Crippen molar-refractivity contribution in [1.82, 2.24) is 0 Å². The highest BCUT2D eigenvalue weighted by molar-refractivity contribution is 7.86. The number of nitrogens with zero attached hydrogens (tertiary/aromatic N) is 4. The Hall–Kier alpha value is -5.40. The first-order valence-corrected chi connectivity index (χ1v) is 13.9. The van der Waals surface area contributed by atoms with Crippen molar-refractivity contribution in [2.24, 2.45) is 20.5 Å². The summed E-state index contributed by atoms with van der Waals surface area (Å²) in [5, 5.41) is 44.6. The molecule has 0 saturated carbocycles. The van der Waals surface area contributed by atoms with Crippen LogP contribution >= 0.6 is 0 Å². The zero-order chi connectivity index (χ0) is 30.0. The number of anilines is 1. The number of azo groups is 2. The van der Waals surface area contributed by atoms with Crippen LogP contribution in [0.4, 0.5) is 28.4 Å². The van der Waals surface area contributed by atoms with Gasteiger partial charge in [0.15, 0.2) is 0 Å². The third kappa shape index (κ3) is 6.01. The molecule has 0 aliphatic heterocycles. The molecule has 1 aliphatic carbocycles. The lowest BCUT2D eigenvalue weighted by Gasteiger charge is -2.21. The van der Waals surface area contributed by atoms with Crippen molar-refractivity contribution >= 4 is 50.3 Å². The smallest absolute Gasteiger partial charge is 0.339 e. The maximum Gasteiger partial charge on any atom is 0.339 e. The van der Waals surface area contributed by atoms with Gasteiger partial charge in [-0.15, -0.1) is 5.11 Å². The number of rotatable bonds is 7. The molecule has 5 rings (SSSR count). The molecule has 13 heteroatoms. The molecule has 42 heavy (non-hydrogen) atoms. The molecule has 6 N–H and O–H groups in total. The van der Waals surface area contributed by atoms with Crippen molar-refractivity contribution < 1.29 is 33.1 Å². The number of carbonyl (C=O) groups is 1. The number of hydrogen-bond donors (Lipinski definition) is 5. The van der Waals surface area contributed by atoms with Gasteiger partial charge in [-0.25, -0.2) is 4.79 Å². The van der Waals surface area contributed by atoms with Gasteiger partial charge >= 0.3 is 5.97 Å². The minimum absolute atomic E-state index is 0.0433. The van der Waals surface area contributed by atoms with E-state index < -0.39 is 21.3 Å². The number of fused-ring (bicyclic) bond motifs is 1. The van der Waals surface area contributed by atoms with Crippen molar-refractivity contribution in [3.63, 3.8) is 0 Å². The molecule has 0 heterocycles. The summed E-state index contributed by atoms with van der Waals surface area (Å²) in [6.07, 6.45) is 1.01. The molecular formula is C29H23N5O7S. The number of aromatic hydroxyl groups is 1. The number of nitrogens with two attached hydrogens (primary N) is 1. The Morgan fingerprint density at radius 1 is 0.786 bits per heavy atom. The van der Waals surface area contributed by atoms with Gasteiger partial charge in [0.05, 0.1) is 22.7 Å². The number of phenols is 1. The van der Waals surface area contributed by atoms with Gasteiger partial charge in [0, 0.05) is 5.56 Å². The topological polar surface area (TPSA) is 208 Å². The largest absolute Gasteiger partial charge is 0.508 e. The Balaban J connectivity index is 1.31. The number of hydrogen-bond acceptors (Lipinski definition) is 10. The number of nitrogen functional groups attached to an aromatic ring is 1. The summed E-state index contributed by atoms with van der Waals surface area (Å²) < 4.78 is 32.5. The molecule has 0 amide bonds. The summed E-state index contributed by atoms with van der Waals surface area (Å²) in [5.41, 5.74) is 10.1. The summed E-state index contributed by atoms with van der Waals surface area (Å²) >= 11 is 0. The van der Waals surface area contributed by atoms with E-state index in [2.05, 4.69) is 20.5 Å². The van der Waals surface area contributed by atoms with Crippen LogP contribution in [0, 0.1) is 0 Å². The maximum absolute atomic E-state index is 11.6. The lowest BCUT2D eigenvalue weighted by atomic mass is 9.93. The molecule has 212 valence electrons. The van der Waals surface area contributed by atoms with E-state index in [0.717, 1.165) is 17.2 Å². The first kappa shape index (κ1) is 28.1. The molecule has 1 aliphatic rings. The lowest BCUT2D eigenvalue weighted by molar-refractivity contribution is 0.0693. The highest BCUT2D eigenvalue weighted by Gasteiger charge is 2.30. The van der Waals surface area contributed by atoms with Crippen LogP contribution in [0.2, 0.25) is 0 Å². The number of carboxylic acids is 1. The molecule has 1 unspecified atom stereocenters. The van der Waals surface area contributed by atoms with Gasteiger partial charge in [0.1, 0.15) is 28.0 Å². The maximum atomic E-state index is 11.6. The van der Waals surface area contributed by atoms with Crippen molar-refractivity contribution in [2.45, 2.75) is 11.7 Å². The molecular weight excluding hydrogens is 562 g/mol. The number of carboxylic acid groups (broad SMARTS) is 1. The predicted octanol–water partition coefficient (Wildman–Crippen LogP) is 6.88. The van der Waals surface area contributed by atoms with Crippen LogP contribution in [-0.2, 0) is 16.5 Å². The second kappa shape index (κ2) is 11.2. The van der Waals surface area contributed by atoms with Gasteiger partial charge in [-0.1, -0.05) is 30.3 Å². The molecule has 0 aromatic heterocycles. The van der Waals surface area contributed by atoms with Crippen LogP contribution in [0.5, 0.6) is 5.75 Å². The van der Waals surface area contributed by atoms with Crippen molar-refractivity contribution in [3.8, 4) is 16.9 Å². The standard InChI is InChI=1S/C29H23N5O7S/c30-24-11-5-18-13-22(42(39,40)41)15-26(36)27(18)28(24)34-32-20-8-3-17(4-9-20)16-1-6-19(7-2-16)31-33-21-10-12-25(35)23(14-21)29(37)38/h1-12,14-15,22,35-36H,13,30H2,(H,37,38)(H,39,40,41). The SMILES string of the molecule is Nc1ccc2c(c1N=Nc1ccc(-c3ccc(N=Nc4ccc(O)c(C(=O)O)c4)cc3)cc1)C(O)=CC(S(=O)(=O)O)C2. The van der Waals surface area contributed by atoms with E-state index in [9.17, 15) is 28.0 Å². The van der Waals surface area contributed by atoms with Crippen molar-refractivity contribution in [1.29, 1.82) is 0 Å². The van der Waals surface area contributed by atoms with Crippen LogP contribution in [0.1, 0.15) is 21.5 Å². The predicted molar refractivity (Wildman–Crippen MR) is 156 cm³/mol. The first-order chi connectivity index (χ1) is 20.0. The minimum atomic E-state index is -4.39. The monoisotopic (exact) mass is 585 g/mol. The average Bonchev–Trinajstić information content (AvgIpc) is 2.96. The van der Waals surface area contributed by atoms with Gasteiger partial charge in [0.25, 0.3) is 10.1 Å². The fraction of sp³-hybridized carbons (Fsp3) is 0.0690. The number of benzene rings is 4. The normalized spacial score (nSPS) is 15.1. The van der Waals surface area contributed by atoms with Gasteiger partial charge in [-0.3, -0.25) is 4.55 Å². The summed E-state index contributed by atoms with van der Waals surface area (Å²) in [6.45, 7) is 0. The fourth-order valence-electron chi connectivity index (χ4n) is 4.36. The Kier molecular flexibility index (Phi) is 7.53. The van der Waals surface area contributed by atoms with E-state index in [4.69, 9.17) is 10.8 Å². The van der Waals surface area contributed by atoms with E-state index in [0.29, 0.717) is 16.9 Å². The van der Waals surface area contributed by atoms with E-state index in [1.165, 1.54) is 24.3 Å². The van der Waals surface area contributed by atoms with Crippen LogP contribution in [0.25, 0.3) is 16.9 Å². The molecule has 0 fully saturated rings. The zero-order valence-corrected chi connectivity index (χ0v) is 22.5. The van der Waals surface area contributed by atoms with Crippen LogP contribution in [-0.4, -0.2) is 39.5 Å². The summed E-state index contributed by atoms with van der Waals surface area (Å²) in [6, 6.07) is 21.4. The zero-order valence-electron chi connectivity index (χ0n) is 21.7. The van der Waals surface area contributed by atoms with E-state index in [1.54, 1.807) is 30.3 Å². The van der Waals surface area contributed by atoms with Gasteiger partial charge < -0.3 is 21.1 Å². The van der Waals surface area contributed by atoms with Gasteiger partial charge in [-0.05, 0) is 77.7 Å². The molecule has 0 saturated heterocycles. The highest BCUT2D eigenvalue weighted by Crippen LogP contribution is 2.39. The van der Waals surface area contributed by atoms with Crippen LogP contribution < -0.4 is 5.73 Å². The number of aliphatic hydroxyl groups is 1. The number of aliphatic hydroxyl groups excluding tert-OH is 1. The summed E-state index contributed by atoms with van der Waals surface area (Å²) in [4.78, 5) is 11.2. The van der Waals surface area contributed by atoms with Crippen molar-refractivity contribution in [2.75, 3.05) is 5.73 Å². The fourth-order valence-corrected chi connectivity index (χ4v) is 5.05.